The molecule has 0 amide bonds. The lowest BCUT2D eigenvalue weighted by molar-refractivity contribution is -0.143. The molecule has 3 nitrogen and oxygen atoms in total. The summed E-state index contributed by atoms with van der Waals surface area (Å²) in [6.45, 7) is 4.36. The van der Waals surface area contributed by atoms with Crippen molar-refractivity contribution in [3.63, 3.8) is 0 Å². The lowest BCUT2D eigenvalue weighted by atomic mass is 9.73. The summed E-state index contributed by atoms with van der Waals surface area (Å²) < 4.78 is 5.53. The Hall–Kier alpha value is -2.16. The Balaban J connectivity index is 1.56. The number of carbonyl (C=O) groups is 1. The maximum Gasteiger partial charge on any atom is 0.314 e. The first kappa shape index (κ1) is 17.7. The average Bonchev–Trinajstić information content (AvgIpc) is 2.59. The Morgan fingerprint density at radius 2 is 1.84 bits per heavy atom. The van der Waals surface area contributed by atoms with E-state index in [1.807, 2.05) is 36.5 Å². The van der Waals surface area contributed by atoms with Gasteiger partial charge in [0, 0.05) is 11.8 Å². The van der Waals surface area contributed by atoms with Crippen LogP contribution in [0.15, 0.2) is 42.6 Å². The largest absolute Gasteiger partial charge is 0.426 e. The van der Waals surface area contributed by atoms with E-state index < -0.39 is 0 Å². The van der Waals surface area contributed by atoms with Crippen LogP contribution in [0.1, 0.15) is 51.5 Å². The molecular formula is C22H27NO2. The summed E-state index contributed by atoms with van der Waals surface area (Å²) >= 11 is 0. The van der Waals surface area contributed by atoms with Crippen molar-refractivity contribution in [2.24, 2.45) is 11.8 Å². The van der Waals surface area contributed by atoms with Gasteiger partial charge in [0.2, 0.25) is 0 Å². The van der Waals surface area contributed by atoms with Crippen LogP contribution in [0, 0.1) is 11.8 Å². The first-order chi connectivity index (χ1) is 12.2. The maximum absolute atomic E-state index is 12.2. The topological polar surface area (TPSA) is 39.2 Å². The average molecular weight is 337 g/mol. The molecule has 3 rings (SSSR count). The minimum absolute atomic E-state index is 0.0813. The lowest BCUT2D eigenvalue weighted by Crippen LogP contribution is -2.33. The van der Waals surface area contributed by atoms with Crippen LogP contribution in [0.2, 0.25) is 0 Å². The zero-order valence-electron chi connectivity index (χ0n) is 15.2. The normalized spacial score (nSPS) is 19.3. The molecule has 3 heteroatoms. The van der Waals surface area contributed by atoms with Crippen molar-refractivity contribution < 1.29 is 9.53 Å². The van der Waals surface area contributed by atoms with Crippen LogP contribution in [0.3, 0.4) is 0 Å². The Morgan fingerprint density at radius 1 is 1.08 bits per heavy atom. The summed E-state index contributed by atoms with van der Waals surface area (Å²) in [4.78, 5) is 16.7. The van der Waals surface area contributed by atoms with Gasteiger partial charge in [-0.2, -0.15) is 0 Å². The number of nitrogens with zero attached hydrogens (tertiary/aromatic N) is 1. The number of rotatable bonds is 7. The molecule has 1 aromatic heterocycles. The molecule has 1 fully saturated rings. The second-order valence-corrected chi connectivity index (χ2v) is 7.07. The van der Waals surface area contributed by atoms with E-state index in [4.69, 9.17) is 4.74 Å². The summed E-state index contributed by atoms with van der Waals surface area (Å²) in [5, 5.41) is 0. The third-order valence-corrected chi connectivity index (χ3v) is 5.00. The molecule has 0 atom stereocenters. The molecule has 25 heavy (non-hydrogen) atoms. The molecule has 1 aromatic carbocycles. The van der Waals surface area contributed by atoms with Crippen molar-refractivity contribution in [1.29, 1.82) is 0 Å². The molecule has 0 bridgehead atoms. The van der Waals surface area contributed by atoms with Crippen molar-refractivity contribution >= 4 is 5.97 Å². The van der Waals surface area contributed by atoms with E-state index in [0.717, 1.165) is 36.9 Å². The van der Waals surface area contributed by atoms with Crippen molar-refractivity contribution in [3.05, 3.63) is 48.2 Å². The second kappa shape index (κ2) is 8.28. The van der Waals surface area contributed by atoms with E-state index >= 15 is 0 Å². The summed E-state index contributed by atoms with van der Waals surface area (Å²) in [7, 11) is 0. The maximum atomic E-state index is 12.2. The van der Waals surface area contributed by atoms with Gasteiger partial charge in [0.15, 0.2) is 0 Å². The number of esters is 1. The van der Waals surface area contributed by atoms with Crippen molar-refractivity contribution in [2.45, 2.75) is 52.4 Å². The number of aryl methyl sites for hydroxylation is 1. The SMILES string of the molecule is CCCc1ccc(-c2ccc(OC(=O)C3CC(CCC)C3)cc2)nc1. The highest BCUT2D eigenvalue weighted by molar-refractivity contribution is 5.76. The van der Waals surface area contributed by atoms with Crippen LogP contribution >= 0.6 is 0 Å². The lowest BCUT2D eigenvalue weighted by Gasteiger charge is -2.33. The van der Waals surface area contributed by atoms with Gasteiger partial charge in [0.1, 0.15) is 5.75 Å². The van der Waals surface area contributed by atoms with Gasteiger partial charge in [0.25, 0.3) is 0 Å². The zero-order valence-corrected chi connectivity index (χ0v) is 15.2. The molecule has 1 heterocycles. The predicted octanol–water partition coefficient (Wildman–Crippen LogP) is 5.43. The van der Waals surface area contributed by atoms with Crippen LogP contribution in [0.5, 0.6) is 5.75 Å². The van der Waals surface area contributed by atoms with E-state index in [9.17, 15) is 4.79 Å². The molecule has 0 unspecified atom stereocenters. The van der Waals surface area contributed by atoms with Crippen LogP contribution in [0.25, 0.3) is 11.3 Å². The Morgan fingerprint density at radius 3 is 2.44 bits per heavy atom. The fourth-order valence-electron chi connectivity index (χ4n) is 3.50. The second-order valence-electron chi connectivity index (χ2n) is 7.07. The molecule has 2 aromatic rings. The standard InChI is InChI=1S/C22H27NO2/c1-3-5-16-7-12-21(23-15-16)18-8-10-20(11-9-18)25-22(24)19-13-17(14-19)6-4-2/h7-12,15,17,19H,3-6,13-14H2,1-2H3. The molecule has 0 aliphatic heterocycles. The van der Waals surface area contributed by atoms with E-state index in [1.165, 1.54) is 18.4 Å². The van der Waals surface area contributed by atoms with E-state index in [2.05, 4.69) is 24.9 Å². The summed E-state index contributed by atoms with van der Waals surface area (Å²) in [5.41, 5.74) is 3.24. The highest BCUT2D eigenvalue weighted by atomic mass is 16.5. The van der Waals surface area contributed by atoms with E-state index in [0.29, 0.717) is 11.7 Å². The quantitative estimate of drug-likeness (QED) is 0.499. The monoisotopic (exact) mass is 337 g/mol. The minimum Gasteiger partial charge on any atom is -0.426 e. The Kier molecular flexibility index (Phi) is 5.85. The Bertz CT molecular complexity index is 685. The molecule has 1 aliphatic rings. The minimum atomic E-state index is -0.0813. The third-order valence-electron chi connectivity index (χ3n) is 5.00. The van der Waals surface area contributed by atoms with Crippen LogP contribution in [-0.2, 0) is 11.2 Å². The summed E-state index contributed by atoms with van der Waals surface area (Å²) in [5.74, 6) is 1.34. The number of hydrogen-bond acceptors (Lipinski definition) is 3. The van der Waals surface area contributed by atoms with Gasteiger partial charge in [-0.25, -0.2) is 0 Å². The van der Waals surface area contributed by atoms with Gasteiger partial charge in [-0.15, -0.1) is 0 Å². The van der Waals surface area contributed by atoms with Crippen LogP contribution in [0.4, 0.5) is 0 Å². The number of pyridine rings is 1. The highest BCUT2D eigenvalue weighted by Crippen LogP contribution is 2.37. The van der Waals surface area contributed by atoms with Gasteiger partial charge in [0.05, 0.1) is 11.6 Å². The number of hydrogen-bond donors (Lipinski definition) is 0. The van der Waals surface area contributed by atoms with E-state index in [1.54, 1.807) is 0 Å². The van der Waals surface area contributed by atoms with E-state index in [-0.39, 0.29) is 11.9 Å². The van der Waals surface area contributed by atoms with Crippen LogP contribution in [-0.4, -0.2) is 11.0 Å². The molecule has 1 aliphatic carbocycles. The molecule has 0 radical (unpaired) electrons. The third kappa shape index (κ3) is 4.47. The van der Waals surface area contributed by atoms with Gasteiger partial charge >= 0.3 is 5.97 Å². The van der Waals surface area contributed by atoms with Gasteiger partial charge in [-0.1, -0.05) is 39.2 Å². The molecule has 0 N–H and O–H groups in total. The molecule has 0 saturated heterocycles. The van der Waals surface area contributed by atoms with Crippen LogP contribution < -0.4 is 4.74 Å². The number of aromatic nitrogens is 1. The number of ether oxygens (including phenoxy) is 1. The van der Waals surface area contributed by atoms with Gasteiger partial charge < -0.3 is 4.74 Å². The first-order valence-corrected chi connectivity index (χ1v) is 9.46. The molecule has 1 saturated carbocycles. The van der Waals surface area contributed by atoms with Crippen molar-refractivity contribution in [1.82, 2.24) is 4.98 Å². The Labute approximate surface area is 150 Å². The number of benzene rings is 1. The predicted molar refractivity (Wildman–Crippen MR) is 100 cm³/mol. The summed E-state index contributed by atoms with van der Waals surface area (Å²) in [6.07, 6.45) is 8.52. The van der Waals surface area contributed by atoms with Crippen molar-refractivity contribution in [2.75, 3.05) is 0 Å². The zero-order chi connectivity index (χ0) is 17.6. The highest BCUT2D eigenvalue weighted by Gasteiger charge is 2.35. The van der Waals surface area contributed by atoms with Gasteiger partial charge in [-0.3, -0.25) is 9.78 Å². The summed E-state index contributed by atoms with van der Waals surface area (Å²) in [6, 6.07) is 11.8. The molecular weight excluding hydrogens is 310 g/mol. The fraction of sp³-hybridized carbons (Fsp3) is 0.455. The molecule has 0 spiro atoms. The first-order valence-electron chi connectivity index (χ1n) is 9.46. The fourth-order valence-corrected chi connectivity index (χ4v) is 3.50. The number of carbonyl (C=O) groups excluding carboxylic acids is 1. The van der Waals surface area contributed by atoms with Crippen molar-refractivity contribution in [3.8, 4) is 17.0 Å². The van der Waals surface area contributed by atoms with Gasteiger partial charge in [-0.05, 0) is 61.1 Å². The molecule has 132 valence electrons. The smallest absolute Gasteiger partial charge is 0.314 e.